The smallest absolute Gasteiger partial charge is 0.309 e. The van der Waals surface area contributed by atoms with Crippen molar-refractivity contribution in [1.29, 1.82) is 5.41 Å². The number of carbonyl (C=O) groups is 1. The molecule has 1 aromatic rings. The molecule has 0 aromatic carbocycles. The minimum absolute atomic E-state index is 0.145. The van der Waals surface area contributed by atoms with Crippen LogP contribution in [0.2, 0.25) is 0 Å². The van der Waals surface area contributed by atoms with E-state index in [4.69, 9.17) is 5.41 Å². The molecule has 1 atom stereocenters. The average molecular weight is 251 g/mol. The number of nitrogens with zero attached hydrogens (tertiary/aromatic N) is 1. The summed E-state index contributed by atoms with van der Waals surface area (Å²) < 4.78 is 0. The van der Waals surface area contributed by atoms with Gasteiger partial charge in [0.15, 0.2) is 0 Å². The van der Waals surface area contributed by atoms with E-state index >= 15 is 0 Å². The number of nitrogens with one attached hydrogen (secondary N) is 2. The first-order valence-corrected chi connectivity index (χ1v) is 6.73. The first-order valence-electron chi connectivity index (χ1n) is 5.92. The fourth-order valence-electron chi connectivity index (χ4n) is 2.03. The van der Waals surface area contributed by atoms with E-state index in [-0.39, 0.29) is 12.1 Å². The van der Waals surface area contributed by atoms with Gasteiger partial charge in [0, 0.05) is 16.3 Å². The lowest BCUT2D eigenvalue weighted by atomic mass is 10.2. The predicted molar refractivity (Wildman–Crippen MR) is 69.7 cm³/mol. The van der Waals surface area contributed by atoms with Crippen molar-refractivity contribution in [1.82, 2.24) is 10.2 Å². The van der Waals surface area contributed by atoms with Gasteiger partial charge in [0.2, 0.25) is 0 Å². The van der Waals surface area contributed by atoms with Gasteiger partial charge in [-0.25, -0.2) is 4.79 Å². The minimum atomic E-state index is -0.201. The van der Waals surface area contributed by atoms with Gasteiger partial charge in [-0.1, -0.05) is 13.8 Å². The van der Waals surface area contributed by atoms with Crippen molar-refractivity contribution in [3.63, 3.8) is 0 Å². The van der Waals surface area contributed by atoms with Gasteiger partial charge in [-0.05, 0) is 25.0 Å². The Bertz CT molecular complexity index is 441. The molecular weight excluding hydrogens is 234 g/mol. The molecule has 0 spiro atoms. The molecule has 1 unspecified atom stereocenters. The lowest BCUT2D eigenvalue weighted by Crippen LogP contribution is -2.30. The maximum atomic E-state index is 11.7. The van der Waals surface area contributed by atoms with Gasteiger partial charge in [0.25, 0.3) is 0 Å². The van der Waals surface area contributed by atoms with Gasteiger partial charge >= 0.3 is 6.03 Å². The van der Waals surface area contributed by atoms with Crippen molar-refractivity contribution >= 4 is 23.2 Å². The average Bonchev–Trinajstić information content (AvgIpc) is 2.85. The molecule has 0 saturated carbocycles. The van der Waals surface area contributed by atoms with Crippen LogP contribution in [0.5, 0.6) is 0 Å². The molecule has 2 rings (SSSR count). The van der Waals surface area contributed by atoms with E-state index < -0.39 is 0 Å². The van der Waals surface area contributed by atoms with Crippen LogP contribution >= 0.6 is 11.3 Å². The van der Waals surface area contributed by atoms with Crippen molar-refractivity contribution in [2.24, 2.45) is 0 Å². The molecule has 17 heavy (non-hydrogen) atoms. The lowest BCUT2D eigenvalue weighted by molar-refractivity contribution is 0.206. The lowest BCUT2D eigenvalue weighted by Gasteiger charge is -2.20. The molecule has 0 aliphatic carbocycles. The topological polar surface area (TPSA) is 56.2 Å². The summed E-state index contributed by atoms with van der Waals surface area (Å²) in [6.07, 6.45) is 1.91. The van der Waals surface area contributed by atoms with E-state index in [1.54, 1.807) is 16.2 Å². The van der Waals surface area contributed by atoms with Crippen molar-refractivity contribution in [3.05, 3.63) is 21.9 Å². The highest BCUT2D eigenvalue weighted by atomic mass is 32.1. The van der Waals surface area contributed by atoms with Crippen molar-refractivity contribution < 1.29 is 4.79 Å². The van der Waals surface area contributed by atoms with Gasteiger partial charge < -0.3 is 4.90 Å². The Morgan fingerprint density at radius 2 is 2.24 bits per heavy atom. The molecule has 2 N–H and O–H groups in total. The summed E-state index contributed by atoms with van der Waals surface area (Å²) >= 11 is 1.69. The Labute approximate surface area is 105 Å². The second-order valence-corrected chi connectivity index (χ2v) is 5.30. The van der Waals surface area contributed by atoms with Gasteiger partial charge in [0.05, 0.1) is 0 Å². The van der Waals surface area contributed by atoms with Gasteiger partial charge in [-0.2, -0.15) is 0 Å². The third-order valence-electron chi connectivity index (χ3n) is 2.85. The number of aryl methyl sites for hydroxylation is 1. The molecule has 1 aliphatic heterocycles. The van der Waals surface area contributed by atoms with E-state index in [1.807, 2.05) is 13.0 Å². The number of amides is 2. The number of carbonyl (C=O) groups excluding carboxylic acids is 1. The maximum absolute atomic E-state index is 11.7. The quantitative estimate of drug-likeness (QED) is 0.849. The van der Waals surface area contributed by atoms with E-state index in [1.165, 1.54) is 4.88 Å². The second-order valence-electron chi connectivity index (χ2n) is 4.10. The minimum Gasteiger partial charge on any atom is -0.309 e. The molecule has 0 bridgehead atoms. The standard InChI is InChI=1S/C12H17N3OS/c1-3-7-15-10(11(13)14-12(15)16)9-6-5-8(4-2)17-9/h5-6,10H,3-4,7H2,1-2H3,(H2,13,14,16). The monoisotopic (exact) mass is 251 g/mol. The van der Waals surface area contributed by atoms with Crippen LogP contribution in [0, 0.1) is 5.41 Å². The highest BCUT2D eigenvalue weighted by Gasteiger charge is 2.36. The first-order chi connectivity index (χ1) is 8.17. The number of rotatable bonds is 4. The molecule has 1 aliphatic rings. The molecule has 4 nitrogen and oxygen atoms in total. The zero-order valence-electron chi connectivity index (χ0n) is 10.1. The molecule has 92 valence electrons. The third kappa shape index (κ3) is 2.20. The van der Waals surface area contributed by atoms with Crippen LogP contribution in [0.25, 0.3) is 0 Å². The summed E-state index contributed by atoms with van der Waals surface area (Å²) in [6.45, 7) is 4.85. The summed E-state index contributed by atoms with van der Waals surface area (Å²) in [5.74, 6) is 0.299. The number of hydrogen-bond acceptors (Lipinski definition) is 3. The molecule has 0 radical (unpaired) electrons. The highest BCUT2D eigenvalue weighted by molar-refractivity contribution is 7.12. The summed E-state index contributed by atoms with van der Waals surface area (Å²) in [6, 6.07) is 3.77. The van der Waals surface area contributed by atoms with Gasteiger partial charge in [0.1, 0.15) is 11.9 Å². The fraction of sp³-hybridized carbons (Fsp3) is 0.500. The van der Waals surface area contributed by atoms with Crippen LogP contribution in [-0.4, -0.2) is 23.3 Å². The zero-order chi connectivity index (χ0) is 12.4. The van der Waals surface area contributed by atoms with E-state index in [0.717, 1.165) is 17.7 Å². The number of thiophene rings is 1. The van der Waals surface area contributed by atoms with Crippen molar-refractivity contribution in [3.8, 4) is 0 Å². The molecule has 5 heteroatoms. The zero-order valence-corrected chi connectivity index (χ0v) is 10.9. The van der Waals surface area contributed by atoms with Crippen LogP contribution in [-0.2, 0) is 6.42 Å². The van der Waals surface area contributed by atoms with E-state index in [0.29, 0.717) is 12.4 Å². The predicted octanol–water partition coefficient (Wildman–Crippen LogP) is 2.76. The molecule has 1 aromatic heterocycles. The largest absolute Gasteiger partial charge is 0.323 e. The Morgan fingerprint density at radius 3 is 2.82 bits per heavy atom. The SMILES string of the molecule is CCCN1C(=O)NC(=N)C1c1ccc(CC)s1. The molecule has 1 fully saturated rings. The number of amidine groups is 1. The normalized spacial score (nSPS) is 19.9. The van der Waals surface area contributed by atoms with Gasteiger partial charge in [-0.15, -0.1) is 11.3 Å². The van der Waals surface area contributed by atoms with Crippen LogP contribution < -0.4 is 5.32 Å². The maximum Gasteiger partial charge on any atom is 0.323 e. The molecule has 2 amide bonds. The first kappa shape index (κ1) is 12.1. The molecule has 2 heterocycles. The Morgan fingerprint density at radius 1 is 1.47 bits per heavy atom. The summed E-state index contributed by atoms with van der Waals surface area (Å²) in [5, 5.41) is 10.5. The number of urea groups is 1. The van der Waals surface area contributed by atoms with Crippen LogP contribution in [0.4, 0.5) is 4.79 Å². The number of hydrogen-bond donors (Lipinski definition) is 2. The summed E-state index contributed by atoms with van der Waals surface area (Å²) in [4.78, 5) is 15.8. The fourth-order valence-corrected chi connectivity index (χ4v) is 3.10. The Hall–Kier alpha value is -1.36. The third-order valence-corrected chi connectivity index (χ3v) is 4.13. The molecule has 1 saturated heterocycles. The van der Waals surface area contributed by atoms with Gasteiger partial charge in [-0.3, -0.25) is 10.7 Å². The van der Waals surface area contributed by atoms with Crippen LogP contribution in [0.1, 0.15) is 36.1 Å². The van der Waals surface area contributed by atoms with E-state index in [2.05, 4.69) is 18.3 Å². The van der Waals surface area contributed by atoms with Crippen LogP contribution in [0.3, 0.4) is 0 Å². The second kappa shape index (κ2) is 4.87. The van der Waals surface area contributed by atoms with E-state index in [9.17, 15) is 4.79 Å². The Balaban J connectivity index is 2.27. The highest BCUT2D eigenvalue weighted by Crippen LogP contribution is 2.31. The summed E-state index contributed by atoms with van der Waals surface area (Å²) in [5.41, 5.74) is 0. The molecular formula is C12H17N3OS. The van der Waals surface area contributed by atoms with Crippen molar-refractivity contribution in [2.45, 2.75) is 32.7 Å². The van der Waals surface area contributed by atoms with Crippen molar-refractivity contribution in [2.75, 3.05) is 6.54 Å². The Kier molecular flexibility index (Phi) is 3.47. The van der Waals surface area contributed by atoms with Crippen LogP contribution in [0.15, 0.2) is 12.1 Å². The summed E-state index contributed by atoms with van der Waals surface area (Å²) in [7, 11) is 0.